The van der Waals surface area contributed by atoms with Crippen molar-refractivity contribution >= 4 is 29.7 Å². The number of hydrogen-bond acceptors (Lipinski definition) is 5. The van der Waals surface area contributed by atoms with Crippen molar-refractivity contribution in [2.75, 3.05) is 38.2 Å². The molecule has 2 N–H and O–H groups in total. The Morgan fingerprint density at radius 2 is 1.67 bits per heavy atom. The van der Waals surface area contributed by atoms with Gasteiger partial charge in [0.05, 0.1) is 5.75 Å². The molecule has 7 nitrogen and oxygen atoms in total. The van der Waals surface area contributed by atoms with Gasteiger partial charge < -0.3 is 20.1 Å². The van der Waals surface area contributed by atoms with Gasteiger partial charge in [0.25, 0.3) is 0 Å². The first-order valence-electron chi connectivity index (χ1n) is 11.1. The molecule has 0 saturated heterocycles. The second-order valence-electron chi connectivity index (χ2n) is 7.97. The Hall–Kier alpha value is -3.00. The Balaban J connectivity index is 1.32. The number of amides is 2. The first-order valence-corrected chi connectivity index (χ1v) is 12.2. The molecular weight excluding hydrogens is 440 g/mol. The monoisotopic (exact) mass is 470 g/mol. The van der Waals surface area contributed by atoms with E-state index in [2.05, 4.69) is 29.6 Å². The first kappa shape index (κ1) is 24.6. The Bertz CT molecular complexity index is 935. The molecule has 0 unspecified atom stereocenters. The lowest BCUT2D eigenvalue weighted by Gasteiger charge is -2.17. The van der Waals surface area contributed by atoms with Gasteiger partial charge in [-0.2, -0.15) is 11.8 Å². The lowest BCUT2D eigenvalue weighted by atomic mass is 9.98. The third-order valence-electron chi connectivity index (χ3n) is 5.64. The molecule has 2 amide bonds. The molecule has 0 atom stereocenters. The summed E-state index contributed by atoms with van der Waals surface area (Å²) in [6.45, 7) is 1.24. The molecule has 0 bridgehead atoms. The number of fused-ring (bicyclic) bond motifs is 3. The Labute approximate surface area is 198 Å². The highest BCUT2D eigenvalue weighted by Gasteiger charge is 2.28. The number of carbonyl (C=O) groups excluding carboxylic acids is 2. The van der Waals surface area contributed by atoms with Crippen LogP contribution in [0.3, 0.4) is 0 Å². The number of nitrogens with zero attached hydrogens (tertiary/aromatic N) is 1. The van der Waals surface area contributed by atoms with Crippen molar-refractivity contribution in [2.24, 2.45) is 0 Å². The van der Waals surface area contributed by atoms with Crippen molar-refractivity contribution in [1.82, 2.24) is 10.2 Å². The second-order valence-corrected chi connectivity index (χ2v) is 9.08. The van der Waals surface area contributed by atoms with Crippen LogP contribution in [0.5, 0.6) is 0 Å². The number of nitrogens with one attached hydrogen (secondary N) is 1. The van der Waals surface area contributed by atoms with Crippen LogP contribution in [0.4, 0.5) is 4.79 Å². The number of carbonyl (C=O) groups is 3. The summed E-state index contributed by atoms with van der Waals surface area (Å²) in [5, 5.41) is 11.4. The van der Waals surface area contributed by atoms with Crippen molar-refractivity contribution in [3.05, 3.63) is 59.7 Å². The minimum absolute atomic E-state index is 0.00327. The molecule has 0 fully saturated rings. The Morgan fingerprint density at radius 1 is 1.03 bits per heavy atom. The van der Waals surface area contributed by atoms with E-state index in [1.807, 2.05) is 24.3 Å². The highest BCUT2D eigenvalue weighted by molar-refractivity contribution is 7.99. The van der Waals surface area contributed by atoms with Gasteiger partial charge in [0.1, 0.15) is 6.61 Å². The molecule has 0 spiro atoms. The minimum atomic E-state index is -0.816. The molecule has 1 aliphatic rings. The molecular formula is C25H30N2O5S. The quantitative estimate of drug-likeness (QED) is 0.456. The van der Waals surface area contributed by atoms with E-state index in [0.717, 1.165) is 0 Å². The van der Waals surface area contributed by atoms with Gasteiger partial charge >= 0.3 is 12.1 Å². The van der Waals surface area contributed by atoms with E-state index in [1.165, 1.54) is 34.0 Å². The highest BCUT2D eigenvalue weighted by atomic mass is 32.2. The number of carboxylic acid groups (broad SMARTS) is 1. The topological polar surface area (TPSA) is 95.9 Å². The van der Waals surface area contributed by atoms with E-state index < -0.39 is 12.1 Å². The maximum absolute atomic E-state index is 12.2. The SMILES string of the molecule is CN(CCCCC(=O)O)C(=O)CSCCNC(=O)OCC1c2ccccc2-c2ccccc21. The fraction of sp³-hybridized carbons (Fsp3) is 0.400. The lowest BCUT2D eigenvalue weighted by Crippen LogP contribution is -2.30. The number of benzene rings is 2. The third kappa shape index (κ3) is 6.99. The molecule has 8 heteroatoms. The van der Waals surface area contributed by atoms with E-state index in [0.29, 0.717) is 37.4 Å². The number of ether oxygens (including phenoxy) is 1. The van der Waals surface area contributed by atoms with Crippen LogP contribution in [0.2, 0.25) is 0 Å². The van der Waals surface area contributed by atoms with E-state index in [1.54, 1.807) is 11.9 Å². The van der Waals surface area contributed by atoms with Gasteiger partial charge in [0, 0.05) is 38.2 Å². The first-order chi connectivity index (χ1) is 16.0. The number of alkyl carbamates (subject to hydrolysis) is 1. The zero-order valence-corrected chi connectivity index (χ0v) is 19.6. The molecule has 0 aromatic heterocycles. The van der Waals surface area contributed by atoms with Gasteiger partial charge in [-0.3, -0.25) is 9.59 Å². The normalized spacial score (nSPS) is 12.0. The van der Waals surface area contributed by atoms with Gasteiger partial charge in [-0.1, -0.05) is 48.5 Å². The van der Waals surface area contributed by atoms with Crippen LogP contribution in [0.25, 0.3) is 11.1 Å². The van der Waals surface area contributed by atoms with Crippen molar-refractivity contribution in [2.45, 2.75) is 25.2 Å². The number of rotatable bonds is 12. The van der Waals surface area contributed by atoms with Crippen LogP contribution in [0.15, 0.2) is 48.5 Å². The summed E-state index contributed by atoms with van der Waals surface area (Å²) in [7, 11) is 1.72. The predicted molar refractivity (Wildman–Crippen MR) is 130 cm³/mol. The molecule has 176 valence electrons. The van der Waals surface area contributed by atoms with E-state index in [-0.39, 0.29) is 24.9 Å². The largest absolute Gasteiger partial charge is 0.481 e. The van der Waals surface area contributed by atoms with Crippen LogP contribution in [-0.2, 0) is 14.3 Å². The van der Waals surface area contributed by atoms with Gasteiger partial charge in [-0.25, -0.2) is 4.79 Å². The molecule has 1 aliphatic carbocycles. The van der Waals surface area contributed by atoms with E-state index in [9.17, 15) is 14.4 Å². The molecule has 3 rings (SSSR count). The van der Waals surface area contributed by atoms with E-state index >= 15 is 0 Å². The Kier molecular flexibility index (Phi) is 9.18. The number of thioether (sulfide) groups is 1. The smallest absolute Gasteiger partial charge is 0.407 e. The average molecular weight is 471 g/mol. The summed E-state index contributed by atoms with van der Waals surface area (Å²) >= 11 is 1.44. The molecule has 2 aromatic carbocycles. The molecule has 0 aliphatic heterocycles. The number of aliphatic carboxylic acids is 1. The molecule has 33 heavy (non-hydrogen) atoms. The van der Waals surface area contributed by atoms with Crippen molar-refractivity contribution < 1.29 is 24.2 Å². The molecule has 0 radical (unpaired) electrons. The summed E-state index contributed by atoms with van der Waals surface area (Å²) in [6.07, 6.45) is 0.893. The highest BCUT2D eigenvalue weighted by Crippen LogP contribution is 2.44. The summed E-state index contributed by atoms with van der Waals surface area (Å²) < 4.78 is 5.50. The number of hydrogen-bond donors (Lipinski definition) is 2. The predicted octanol–water partition coefficient (Wildman–Crippen LogP) is 3.97. The Morgan fingerprint density at radius 3 is 2.30 bits per heavy atom. The third-order valence-corrected chi connectivity index (χ3v) is 6.59. The maximum Gasteiger partial charge on any atom is 0.407 e. The fourth-order valence-electron chi connectivity index (χ4n) is 3.89. The maximum atomic E-state index is 12.2. The average Bonchev–Trinajstić information content (AvgIpc) is 3.13. The van der Waals surface area contributed by atoms with Gasteiger partial charge in [-0.15, -0.1) is 0 Å². The molecule has 0 saturated carbocycles. The van der Waals surface area contributed by atoms with Crippen molar-refractivity contribution in [1.29, 1.82) is 0 Å². The minimum Gasteiger partial charge on any atom is -0.481 e. The fourth-order valence-corrected chi connectivity index (χ4v) is 4.68. The standard InChI is InChI=1S/C25H30N2O5S/c1-27(14-7-6-12-24(29)30)23(28)17-33-15-13-26-25(31)32-16-22-20-10-4-2-8-18(20)19-9-3-5-11-21(19)22/h2-5,8-11,22H,6-7,12-17H2,1H3,(H,26,31)(H,29,30). The van der Waals surface area contributed by atoms with Gasteiger partial charge in [0.15, 0.2) is 0 Å². The zero-order valence-electron chi connectivity index (χ0n) is 18.8. The van der Waals surface area contributed by atoms with Crippen LogP contribution in [-0.4, -0.2) is 66.2 Å². The van der Waals surface area contributed by atoms with Crippen LogP contribution in [0.1, 0.15) is 36.3 Å². The van der Waals surface area contributed by atoms with Crippen LogP contribution >= 0.6 is 11.8 Å². The molecule has 0 heterocycles. The van der Waals surface area contributed by atoms with Crippen LogP contribution < -0.4 is 5.32 Å². The van der Waals surface area contributed by atoms with Gasteiger partial charge in [-0.05, 0) is 35.1 Å². The van der Waals surface area contributed by atoms with Gasteiger partial charge in [0.2, 0.25) is 5.91 Å². The summed E-state index contributed by atoms with van der Waals surface area (Å²) in [5.74, 6) is 0.131. The van der Waals surface area contributed by atoms with Crippen LogP contribution in [0, 0.1) is 0 Å². The summed E-state index contributed by atoms with van der Waals surface area (Å²) in [6, 6.07) is 16.4. The lowest BCUT2D eigenvalue weighted by molar-refractivity contribution is -0.137. The zero-order chi connectivity index (χ0) is 23.6. The molecule has 2 aromatic rings. The summed E-state index contributed by atoms with van der Waals surface area (Å²) in [5.41, 5.74) is 4.73. The van der Waals surface area contributed by atoms with Crippen molar-refractivity contribution in [3.63, 3.8) is 0 Å². The number of carboxylic acids is 1. The second kappa shape index (κ2) is 12.3. The van der Waals surface area contributed by atoms with E-state index in [4.69, 9.17) is 9.84 Å². The summed E-state index contributed by atoms with van der Waals surface area (Å²) in [4.78, 5) is 36.4. The number of unbranched alkanes of at least 4 members (excludes halogenated alkanes) is 1. The van der Waals surface area contributed by atoms with Crippen molar-refractivity contribution in [3.8, 4) is 11.1 Å².